The van der Waals surface area contributed by atoms with E-state index in [9.17, 15) is 8.42 Å². The van der Waals surface area contributed by atoms with E-state index in [2.05, 4.69) is 26.2 Å². The highest BCUT2D eigenvalue weighted by Crippen LogP contribution is 2.22. The Hall–Kier alpha value is -1.24. The number of hydrogen-bond donors (Lipinski definition) is 1. The predicted octanol–water partition coefficient (Wildman–Crippen LogP) is 2.75. The van der Waals surface area contributed by atoms with Crippen LogP contribution in [0.3, 0.4) is 0 Å². The Labute approximate surface area is 133 Å². The summed E-state index contributed by atoms with van der Waals surface area (Å²) < 4.78 is 24.3. The number of benzene rings is 1. The first-order valence-electron chi connectivity index (χ1n) is 6.47. The third kappa shape index (κ3) is 4.36. The minimum Gasteiger partial charge on any atom is -0.313 e. The molecule has 0 bridgehead atoms. The summed E-state index contributed by atoms with van der Waals surface area (Å²) in [7, 11) is -1.33. The van der Waals surface area contributed by atoms with Crippen molar-refractivity contribution >= 4 is 25.8 Å². The van der Waals surface area contributed by atoms with Gasteiger partial charge < -0.3 is 5.32 Å². The molecule has 1 atom stereocenters. The summed E-state index contributed by atoms with van der Waals surface area (Å²) in [6.07, 6.45) is 5.51. The highest BCUT2D eigenvalue weighted by molar-refractivity contribution is 9.10. The van der Waals surface area contributed by atoms with Gasteiger partial charge in [-0.25, -0.2) is 8.42 Å². The Morgan fingerprint density at radius 1 is 1.29 bits per heavy atom. The Balaban J connectivity index is 2.29. The molecule has 6 heteroatoms. The van der Waals surface area contributed by atoms with Crippen molar-refractivity contribution in [2.75, 3.05) is 13.3 Å². The topological polar surface area (TPSA) is 59.1 Å². The number of pyridine rings is 1. The van der Waals surface area contributed by atoms with Crippen LogP contribution in [0.4, 0.5) is 0 Å². The molecule has 1 aromatic carbocycles. The molecular formula is C15H17BrN2O2S. The molecule has 0 spiro atoms. The zero-order valence-electron chi connectivity index (χ0n) is 11.9. The lowest BCUT2D eigenvalue weighted by atomic mass is 10.0. The molecule has 0 fully saturated rings. The van der Waals surface area contributed by atoms with Crippen LogP contribution in [0, 0.1) is 0 Å². The van der Waals surface area contributed by atoms with E-state index >= 15 is 0 Å². The van der Waals surface area contributed by atoms with Gasteiger partial charge in [-0.05, 0) is 58.7 Å². The highest BCUT2D eigenvalue weighted by Gasteiger charge is 2.14. The van der Waals surface area contributed by atoms with E-state index in [-0.39, 0.29) is 6.04 Å². The Morgan fingerprint density at radius 3 is 2.67 bits per heavy atom. The number of nitrogens with zero attached hydrogens (tertiary/aromatic N) is 1. The molecule has 0 amide bonds. The van der Waals surface area contributed by atoms with E-state index in [1.165, 1.54) is 6.26 Å². The van der Waals surface area contributed by atoms with Gasteiger partial charge in [0.15, 0.2) is 9.84 Å². The largest absolute Gasteiger partial charge is 0.313 e. The van der Waals surface area contributed by atoms with Crippen molar-refractivity contribution in [3.63, 3.8) is 0 Å². The normalized spacial score (nSPS) is 13.1. The summed E-state index contributed by atoms with van der Waals surface area (Å²) in [4.78, 5) is 4.49. The van der Waals surface area contributed by atoms with E-state index in [1.54, 1.807) is 24.4 Å². The first-order valence-corrected chi connectivity index (χ1v) is 9.15. The van der Waals surface area contributed by atoms with Gasteiger partial charge in [0.05, 0.1) is 4.90 Å². The summed E-state index contributed by atoms with van der Waals surface area (Å²) >= 11 is 3.41. The summed E-state index contributed by atoms with van der Waals surface area (Å²) in [5, 5.41) is 3.23. The van der Waals surface area contributed by atoms with Gasteiger partial charge in [-0.15, -0.1) is 0 Å². The molecule has 0 aliphatic heterocycles. The average molecular weight is 369 g/mol. The van der Waals surface area contributed by atoms with Gasteiger partial charge in [0.25, 0.3) is 0 Å². The van der Waals surface area contributed by atoms with Crippen LogP contribution in [0.15, 0.2) is 52.1 Å². The number of aromatic nitrogens is 1. The molecule has 2 rings (SSSR count). The van der Waals surface area contributed by atoms with Crippen molar-refractivity contribution < 1.29 is 8.42 Å². The molecular weight excluding hydrogens is 352 g/mol. The van der Waals surface area contributed by atoms with Gasteiger partial charge in [-0.1, -0.05) is 12.1 Å². The maximum absolute atomic E-state index is 11.7. The van der Waals surface area contributed by atoms with Gasteiger partial charge in [-0.3, -0.25) is 4.98 Å². The average Bonchev–Trinajstić information content (AvgIpc) is 2.44. The second-order valence-electron chi connectivity index (χ2n) is 4.90. The van der Waals surface area contributed by atoms with Crippen LogP contribution in [0.1, 0.15) is 17.2 Å². The fourth-order valence-corrected chi connectivity index (χ4v) is 3.24. The lowest BCUT2D eigenvalue weighted by Crippen LogP contribution is -2.19. The smallest absolute Gasteiger partial charge is 0.175 e. The van der Waals surface area contributed by atoms with Crippen molar-refractivity contribution in [1.29, 1.82) is 0 Å². The van der Waals surface area contributed by atoms with Crippen LogP contribution < -0.4 is 5.32 Å². The molecule has 21 heavy (non-hydrogen) atoms. The predicted molar refractivity (Wildman–Crippen MR) is 87.0 cm³/mol. The highest BCUT2D eigenvalue weighted by atomic mass is 79.9. The SMILES string of the molecule is CNC(Cc1cncc(Br)c1)c1cccc(S(C)(=O)=O)c1. The number of halogens is 1. The van der Waals surface area contributed by atoms with Crippen LogP contribution in [0.2, 0.25) is 0 Å². The van der Waals surface area contributed by atoms with Gasteiger partial charge in [-0.2, -0.15) is 0 Å². The van der Waals surface area contributed by atoms with Crippen molar-refractivity contribution in [2.24, 2.45) is 0 Å². The van der Waals surface area contributed by atoms with Crippen molar-refractivity contribution in [3.8, 4) is 0 Å². The molecule has 0 aliphatic carbocycles. The maximum atomic E-state index is 11.7. The second kappa shape index (κ2) is 6.68. The van der Waals surface area contributed by atoms with Crippen molar-refractivity contribution in [2.45, 2.75) is 17.4 Å². The van der Waals surface area contributed by atoms with Crippen LogP contribution in [-0.2, 0) is 16.3 Å². The van der Waals surface area contributed by atoms with Crippen LogP contribution in [-0.4, -0.2) is 26.7 Å². The fraction of sp³-hybridized carbons (Fsp3) is 0.267. The quantitative estimate of drug-likeness (QED) is 0.881. The zero-order chi connectivity index (χ0) is 15.5. The minimum atomic E-state index is -3.19. The molecule has 2 aromatic rings. The fourth-order valence-electron chi connectivity index (χ4n) is 2.15. The van der Waals surface area contributed by atoms with E-state index < -0.39 is 9.84 Å². The third-order valence-corrected chi connectivity index (χ3v) is 4.78. The van der Waals surface area contributed by atoms with Crippen molar-refractivity contribution in [3.05, 3.63) is 58.3 Å². The molecule has 0 aliphatic rings. The van der Waals surface area contributed by atoms with Gasteiger partial charge in [0.2, 0.25) is 0 Å². The molecule has 1 N–H and O–H groups in total. The number of likely N-dealkylation sites (N-methyl/N-ethyl adjacent to an activating group) is 1. The zero-order valence-corrected chi connectivity index (χ0v) is 14.3. The molecule has 1 heterocycles. The van der Waals surface area contributed by atoms with E-state index in [1.807, 2.05) is 25.4 Å². The Kier molecular flexibility index (Phi) is 5.13. The first kappa shape index (κ1) is 16.1. The third-order valence-electron chi connectivity index (χ3n) is 3.24. The molecule has 112 valence electrons. The van der Waals surface area contributed by atoms with Gasteiger partial charge >= 0.3 is 0 Å². The Morgan fingerprint density at radius 2 is 2.05 bits per heavy atom. The van der Waals surface area contributed by atoms with Gasteiger partial charge in [0, 0.05) is 29.2 Å². The van der Waals surface area contributed by atoms with Crippen molar-refractivity contribution in [1.82, 2.24) is 10.3 Å². The standard InChI is InChI=1S/C15H17BrN2O2S/c1-17-15(7-11-6-13(16)10-18-9-11)12-4-3-5-14(8-12)21(2,19)20/h3-6,8-10,15,17H,7H2,1-2H3. The summed E-state index contributed by atoms with van der Waals surface area (Å²) in [6, 6.07) is 9.09. The molecule has 1 unspecified atom stereocenters. The molecule has 4 nitrogen and oxygen atoms in total. The minimum absolute atomic E-state index is 0.0304. The molecule has 1 aromatic heterocycles. The number of rotatable bonds is 5. The number of sulfone groups is 1. The molecule has 0 saturated carbocycles. The first-order chi connectivity index (χ1) is 9.90. The monoisotopic (exact) mass is 368 g/mol. The second-order valence-corrected chi connectivity index (χ2v) is 7.83. The van der Waals surface area contributed by atoms with Crippen LogP contribution in [0.5, 0.6) is 0 Å². The lowest BCUT2D eigenvalue weighted by molar-refractivity contribution is 0.586. The Bertz CT molecular complexity index is 732. The maximum Gasteiger partial charge on any atom is 0.175 e. The summed E-state index contributed by atoms with van der Waals surface area (Å²) in [6.45, 7) is 0. The van der Waals surface area contributed by atoms with Gasteiger partial charge in [0.1, 0.15) is 0 Å². The van der Waals surface area contributed by atoms with E-state index in [0.717, 1.165) is 22.0 Å². The lowest BCUT2D eigenvalue weighted by Gasteiger charge is -2.17. The van der Waals surface area contributed by atoms with Crippen LogP contribution >= 0.6 is 15.9 Å². The molecule has 0 saturated heterocycles. The summed E-state index contributed by atoms with van der Waals surface area (Å²) in [5.74, 6) is 0. The number of hydrogen-bond acceptors (Lipinski definition) is 4. The number of nitrogens with one attached hydrogen (secondary N) is 1. The van der Waals surface area contributed by atoms with Crippen LogP contribution in [0.25, 0.3) is 0 Å². The molecule has 0 radical (unpaired) electrons. The van der Waals surface area contributed by atoms with E-state index in [4.69, 9.17) is 0 Å². The summed E-state index contributed by atoms with van der Waals surface area (Å²) in [5.41, 5.74) is 2.02. The van der Waals surface area contributed by atoms with E-state index in [0.29, 0.717) is 4.90 Å².